The standard InChI is InChI=1S/C21H27N3O5S3/c1-13-3-5-15-19(11-13)31-21(22-15)23-20(25)16(7-10-30-2)24-32(26,27)14-4-6-17-18(12-14)29-9-8-28-17/h4,6,12-13,16,24H,3,5,7-11H2,1-2H3,(H,22,23,25)/t13-,16-/m0/s1. The molecule has 1 aliphatic heterocycles. The summed E-state index contributed by atoms with van der Waals surface area (Å²) in [6.07, 6.45) is 5.25. The Bertz CT molecular complexity index is 1090. The number of amides is 1. The Kier molecular flexibility index (Phi) is 7.28. The minimum atomic E-state index is -3.94. The van der Waals surface area contributed by atoms with E-state index in [0.717, 1.165) is 25.0 Å². The number of fused-ring (bicyclic) bond motifs is 2. The van der Waals surface area contributed by atoms with Crippen LogP contribution in [0.25, 0.3) is 0 Å². The molecule has 0 radical (unpaired) electrons. The van der Waals surface area contributed by atoms with Gasteiger partial charge in [-0.2, -0.15) is 16.5 Å². The van der Waals surface area contributed by atoms with Crippen LogP contribution in [-0.2, 0) is 27.7 Å². The van der Waals surface area contributed by atoms with Crippen LogP contribution in [0.2, 0.25) is 0 Å². The highest BCUT2D eigenvalue weighted by molar-refractivity contribution is 7.98. The second-order valence-electron chi connectivity index (χ2n) is 7.99. The number of thioether (sulfide) groups is 1. The molecule has 2 heterocycles. The van der Waals surface area contributed by atoms with Gasteiger partial charge in [0.2, 0.25) is 15.9 Å². The molecule has 0 bridgehead atoms. The van der Waals surface area contributed by atoms with E-state index in [0.29, 0.717) is 47.9 Å². The predicted octanol–water partition coefficient (Wildman–Crippen LogP) is 3.08. The summed E-state index contributed by atoms with van der Waals surface area (Å²) in [6, 6.07) is 3.54. The van der Waals surface area contributed by atoms with Crippen LogP contribution in [-0.4, -0.2) is 50.6 Å². The molecule has 0 saturated heterocycles. The SMILES string of the molecule is CSCC[C@H](NS(=O)(=O)c1ccc2c(c1)OCCO2)C(=O)Nc1nc2c(s1)C[C@@H](C)CC2. The number of carbonyl (C=O) groups excluding carboxylic acids is 1. The molecule has 8 nitrogen and oxygen atoms in total. The van der Waals surface area contributed by atoms with Crippen LogP contribution in [0.5, 0.6) is 11.5 Å². The van der Waals surface area contributed by atoms with E-state index in [1.807, 2.05) is 6.26 Å². The van der Waals surface area contributed by atoms with Crippen molar-refractivity contribution >= 4 is 44.2 Å². The summed E-state index contributed by atoms with van der Waals surface area (Å²) in [5.74, 6) is 1.73. The number of benzene rings is 1. The summed E-state index contributed by atoms with van der Waals surface area (Å²) in [4.78, 5) is 18.8. The molecule has 2 atom stereocenters. The topological polar surface area (TPSA) is 107 Å². The molecule has 32 heavy (non-hydrogen) atoms. The molecule has 0 saturated carbocycles. The van der Waals surface area contributed by atoms with Crippen molar-refractivity contribution in [3.8, 4) is 11.5 Å². The van der Waals surface area contributed by atoms with Gasteiger partial charge in [-0.15, -0.1) is 11.3 Å². The number of ether oxygens (including phenoxy) is 2. The van der Waals surface area contributed by atoms with Gasteiger partial charge in [-0.1, -0.05) is 6.92 Å². The number of nitrogens with one attached hydrogen (secondary N) is 2. The number of aromatic nitrogens is 1. The Morgan fingerprint density at radius 2 is 2.09 bits per heavy atom. The van der Waals surface area contributed by atoms with Crippen LogP contribution in [0.1, 0.15) is 30.3 Å². The molecule has 1 aromatic carbocycles. The molecule has 11 heteroatoms. The quantitative estimate of drug-likeness (QED) is 0.577. The van der Waals surface area contributed by atoms with E-state index in [1.54, 1.807) is 17.8 Å². The van der Waals surface area contributed by atoms with Gasteiger partial charge in [0.15, 0.2) is 16.6 Å². The van der Waals surface area contributed by atoms with Crippen molar-refractivity contribution in [2.24, 2.45) is 5.92 Å². The van der Waals surface area contributed by atoms with Gasteiger partial charge in [-0.3, -0.25) is 4.79 Å². The molecule has 2 aromatic rings. The maximum Gasteiger partial charge on any atom is 0.244 e. The van der Waals surface area contributed by atoms with Gasteiger partial charge in [-0.25, -0.2) is 13.4 Å². The number of thiazole rings is 1. The number of rotatable bonds is 8. The van der Waals surface area contributed by atoms with Crippen molar-refractivity contribution in [1.29, 1.82) is 0 Å². The highest BCUT2D eigenvalue weighted by atomic mass is 32.2. The maximum absolute atomic E-state index is 13.0. The largest absolute Gasteiger partial charge is 0.486 e. The van der Waals surface area contributed by atoms with E-state index in [2.05, 4.69) is 21.9 Å². The van der Waals surface area contributed by atoms with Gasteiger partial charge < -0.3 is 14.8 Å². The van der Waals surface area contributed by atoms with Crippen LogP contribution in [0.4, 0.5) is 5.13 Å². The van der Waals surface area contributed by atoms with E-state index in [1.165, 1.54) is 28.3 Å². The van der Waals surface area contributed by atoms with Crippen molar-refractivity contribution < 1.29 is 22.7 Å². The van der Waals surface area contributed by atoms with E-state index in [-0.39, 0.29) is 4.90 Å². The third kappa shape index (κ3) is 5.38. The Morgan fingerprint density at radius 3 is 2.88 bits per heavy atom. The zero-order chi connectivity index (χ0) is 22.7. The lowest BCUT2D eigenvalue weighted by atomic mass is 9.93. The molecule has 2 N–H and O–H groups in total. The molecule has 174 valence electrons. The fourth-order valence-electron chi connectivity index (χ4n) is 3.71. The third-order valence-electron chi connectivity index (χ3n) is 5.46. The normalized spacial score (nSPS) is 18.6. The van der Waals surface area contributed by atoms with Crippen LogP contribution < -0.4 is 19.5 Å². The number of hydrogen-bond donors (Lipinski definition) is 2. The van der Waals surface area contributed by atoms with Gasteiger partial charge >= 0.3 is 0 Å². The highest BCUT2D eigenvalue weighted by Gasteiger charge is 2.28. The molecule has 4 rings (SSSR count). The first kappa shape index (κ1) is 23.3. The van der Waals surface area contributed by atoms with Crippen molar-refractivity contribution in [2.75, 3.05) is 30.5 Å². The van der Waals surface area contributed by atoms with Crippen LogP contribution in [0.3, 0.4) is 0 Å². The van der Waals surface area contributed by atoms with Crippen molar-refractivity contribution in [2.45, 2.75) is 43.5 Å². The summed E-state index contributed by atoms with van der Waals surface area (Å²) in [5.41, 5.74) is 1.04. The van der Waals surface area contributed by atoms with Gasteiger partial charge in [0.1, 0.15) is 19.3 Å². The molecule has 0 unspecified atom stereocenters. The fraction of sp³-hybridized carbons (Fsp3) is 0.524. The van der Waals surface area contributed by atoms with E-state index >= 15 is 0 Å². The number of hydrogen-bond acceptors (Lipinski definition) is 8. The molecule has 0 fully saturated rings. The van der Waals surface area contributed by atoms with E-state index < -0.39 is 22.0 Å². The Balaban J connectivity index is 1.49. The van der Waals surface area contributed by atoms with Crippen LogP contribution in [0.15, 0.2) is 23.1 Å². The first-order chi connectivity index (χ1) is 15.4. The van der Waals surface area contributed by atoms with Gasteiger partial charge in [0.25, 0.3) is 0 Å². The van der Waals surface area contributed by atoms with Gasteiger partial charge in [-0.05, 0) is 55.7 Å². The summed E-state index contributed by atoms with van der Waals surface area (Å²) in [6.45, 7) is 3.00. The molecule has 1 aliphatic carbocycles. The zero-order valence-electron chi connectivity index (χ0n) is 18.0. The second-order valence-corrected chi connectivity index (χ2v) is 11.8. The Labute approximate surface area is 196 Å². The number of aryl methyl sites for hydroxylation is 1. The monoisotopic (exact) mass is 497 g/mol. The minimum absolute atomic E-state index is 0.0300. The van der Waals surface area contributed by atoms with Gasteiger partial charge in [0.05, 0.1) is 10.6 Å². The summed E-state index contributed by atoms with van der Waals surface area (Å²) in [7, 11) is -3.94. The smallest absolute Gasteiger partial charge is 0.244 e. The summed E-state index contributed by atoms with van der Waals surface area (Å²) >= 11 is 3.03. The molecule has 1 amide bonds. The number of carbonyl (C=O) groups is 1. The second kappa shape index (κ2) is 9.98. The Morgan fingerprint density at radius 1 is 1.31 bits per heavy atom. The Hall–Kier alpha value is -1.82. The van der Waals surface area contributed by atoms with Crippen molar-refractivity contribution in [3.63, 3.8) is 0 Å². The summed E-state index contributed by atoms with van der Waals surface area (Å²) in [5, 5.41) is 3.36. The lowest BCUT2D eigenvalue weighted by Crippen LogP contribution is -2.44. The molecule has 1 aromatic heterocycles. The van der Waals surface area contributed by atoms with Crippen LogP contribution in [0, 0.1) is 5.92 Å². The maximum atomic E-state index is 13.0. The number of anilines is 1. The molecular formula is C21H27N3O5S3. The van der Waals surface area contributed by atoms with Crippen LogP contribution >= 0.6 is 23.1 Å². The summed E-state index contributed by atoms with van der Waals surface area (Å²) < 4.78 is 39.6. The average Bonchev–Trinajstić information content (AvgIpc) is 3.17. The van der Waals surface area contributed by atoms with Crippen molar-refractivity contribution in [1.82, 2.24) is 9.71 Å². The average molecular weight is 498 g/mol. The first-order valence-corrected chi connectivity index (χ1v) is 14.3. The zero-order valence-corrected chi connectivity index (χ0v) is 20.5. The minimum Gasteiger partial charge on any atom is -0.486 e. The predicted molar refractivity (Wildman–Crippen MR) is 126 cm³/mol. The lowest BCUT2D eigenvalue weighted by molar-refractivity contribution is -0.117. The molecule has 2 aliphatic rings. The third-order valence-corrected chi connectivity index (χ3v) is 8.61. The molecule has 0 spiro atoms. The highest BCUT2D eigenvalue weighted by Crippen LogP contribution is 2.33. The number of sulfonamides is 1. The number of nitrogens with zero attached hydrogens (tertiary/aromatic N) is 1. The fourth-order valence-corrected chi connectivity index (χ4v) is 6.60. The van der Waals surface area contributed by atoms with E-state index in [9.17, 15) is 13.2 Å². The van der Waals surface area contributed by atoms with Crippen molar-refractivity contribution in [3.05, 3.63) is 28.8 Å². The van der Waals surface area contributed by atoms with Gasteiger partial charge in [0, 0.05) is 10.9 Å². The lowest BCUT2D eigenvalue weighted by Gasteiger charge is -2.20. The van der Waals surface area contributed by atoms with E-state index in [4.69, 9.17) is 9.47 Å². The molecular weight excluding hydrogens is 470 g/mol. The first-order valence-electron chi connectivity index (χ1n) is 10.6.